The number of nitrogens with zero attached hydrogens (tertiary/aromatic N) is 2. The van der Waals surface area contributed by atoms with Gasteiger partial charge in [-0.15, -0.1) is 0 Å². The van der Waals surface area contributed by atoms with Crippen LogP contribution in [0, 0.1) is 11.3 Å². The lowest BCUT2D eigenvalue weighted by molar-refractivity contribution is 0.248. The third-order valence-electron chi connectivity index (χ3n) is 2.82. The Morgan fingerprint density at radius 1 is 1.41 bits per heavy atom. The molecule has 0 spiro atoms. The van der Waals surface area contributed by atoms with Crippen LogP contribution in [0.15, 0.2) is 18.3 Å². The van der Waals surface area contributed by atoms with E-state index in [2.05, 4.69) is 15.6 Å². The maximum Gasteiger partial charge on any atom is 0.320 e. The molecule has 1 heterocycles. The molecule has 5 nitrogen and oxygen atoms in total. The second-order valence-electron chi connectivity index (χ2n) is 4.12. The number of hydrogen-bond donors (Lipinski definition) is 2. The van der Waals surface area contributed by atoms with Crippen LogP contribution in [-0.4, -0.2) is 17.1 Å². The minimum Gasteiger partial charge on any atom is -0.335 e. The number of rotatable bonds is 2. The maximum absolute atomic E-state index is 11.6. The van der Waals surface area contributed by atoms with E-state index in [1.54, 1.807) is 12.1 Å². The van der Waals surface area contributed by atoms with Gasteiger partial charge in [0.25, 0.3) is 0 Å². The molecule has 1 aromatic rings. The van der Waals surface area contributed by atoms with Crippen molar-refractivity contribution in [3.05, 3.63) is 23.9 Å². The second-order valence-corrected chi connectivity index (χ2v) is 4.12. The van der Waals surface area contributed by atoms with Crippen molar-refractivity contribution in [3.63, 3.8) is 0 Å². The molecular formula is C12H14N4O. The first kappa shape index (κ1) is 11.4. The van der Waals surface area contributed by atoms with Gasteiger partial charge < -0.3 is 5.32 Å². The number of nitrogens with one attached hydrogen (secondary N) is 2. The molecule has 2 N–H and O–H groups in total. The predicted molar refractivity (Wildman–Crippen MR) is 63.4 cm³/mol. The lowest BCUT2D eigenvalue weighted by atomic mass is 10.2. The largest absolute Gasteiger partial charge is 0.335 e. The van der Waals surface area contributed by atoms with Crippen LogP contribution < -0.4 is 10.6 Å². The molecule has 1 fully saturated rings. The van der Waals surface area contributed by atoms with E-state index >= 15 is 0 Å². The average molecular weight is 230 g/mol. The molecule has 0 aliphatic heterocycles. The Bertz CT molecular complexity index is 429. The zero-order valence-corrected chi connectivity index (χ0v) is 9.44. The average Bonchev–Trinajstić information content (AvgIpc) is 2.82. The monoisotopic (exact) mass is 230 g/mol. The van der Waals surface area contributed by atoms with E-state index in [-0.39, 0.29) is 12.1 Å². The number of carbonyl (C=O) groups is 1. The van der Waals surface area contributed by atoms with Crippen molar-refractivity contribution >= 4 is 11.8 Å². The molecule has 0 aromatic carbocycles. The van der Waals surface area contributed by atoms with E-state index in [0.29, 0.717) is 11.4 Å². The van der Waals surface area contributed by atoms with Crippen LogP contribution in [0.2, 0.25) is 0 Å². The Hall–Kier alpha value is -2.09. The minimum atomic E-state index is -0.228. The number of carbonyl (C=O) groups excluding carboxylic acids is 1. The molecule has 17 heavy (non-hydrogen) atoms. The van der Waals surface area contributed by atoms with E-state index < -0.39 is 0 Å². The van der Waals surface area contributed by atoms with Gasteiger partial charge in [0.1, 0.15) is 11.9 Å². The van der Waals surface area contributed by atoms with Crippen LogP contribution in [0.1, 0.15) is 31.2 Å². The number of anilines is 1. The normalized spacial score (nSPS) is 15.2. The van der Waals surface area contributed by atoms with E-state index in [0.717, 1.165) is 12.8 Å². The molecule has 1 saturated carbocycles. The summed E-state index contributed by atoms with van der Waals surface area (Å²) >= 11 is 0. The minimum absolute atomic E-state index is 0.228. The summed E-state index contributed by atoms with van der Waals surface area (Å²) in [6.45, 7) is 0. The number of hydrogen-bond acceptors (Lipinski definition) is 3. The fraction of sp³-hybridized carbons (Fsp3) is 0.417. The molecule has 1 aliphatic rings. The Labute approximate surface area is 99.9 Å². The van der Waals surface area contributed by atoms with Gasteiger partial charge in [-0.1, -0.05) is 12.8 Å². The van der Waals surface area contributed by atoms with Gasteiger partial charge in [-0.25, -0.2) is 9.78 Å². The molecule has 5 heteroatoms. The van der Waals surface area contributed by atoms with E-state index in [1.807, 2.05) is 6.07 Å². The zero-order chi connectivity index (χ0) is 12.1. The third-order valence-corrected chi connectivity index (χ3v) is 2.82. The SMILES string of the molecule is N#Cc1ccc(NC(=O)NC2CCCC2)nc1. The van der Waals surface area contributed by atoms with Gasteiger partial charge in [-0.3, -0.25) is 5.32 Å². The molecule has 1 aliphatic carbocycles. The number of aromatic nitrogens is 1. The topological polar surface area (TPSA) is 77.8 Å². The molecule has 0 radical (unpaired) electrons. The van der Waals surface area contributed by atoms with Gasteiger partial charge in [0, 0.05) is 12.2 Å². The van der Waals surface area contributed by atoms with Crippen LogP contribution >= 0.6 is 0 Å². The summed E-state index contributed by atoms with van der Waals surface area (Å²) < 4.78 is 0. The maximum atomic E-state index is 11.6. The molecule has 2 amide bonds. The Morgan fingerprint density at radius 2 is 2.18 bits per heavy atom. The summed E-state index contributed by atoms with van der Waals surface area (Å²) in [6.07, 6.45) is 5.90. The van der Waals surface area contributed by atoms with Crippen molar-refractivity contribution < 1.29 is 4.79 Å². The van der Waals surface area contributed by atoms with Gasteiger partial charge in [-0.2, -0.15) is 5.26 Å². The lowest BCUT2D eigenvalue weighted by Crippen LogP contribution is -2.36. The van der Waals surface area contributed by atoms with Gasteiger partial charge >= 0.3 is 6.03 Å². The van der Waals surface area contributed by atoms with E-state index in [1.165, 1.54) is 19.0 Å². The number of nitriles is 1. The van der Waals surface area contributed by atoms with Crippen molar-refractivity contribution in [2.45, 2.75) is 31.7 Å². The number of urea groups is 1. The highest BCUT2D eigenvalue weighted by molar-refractivity contribution is 5.88. The Balaban J connectivity index is 1.86. The Kier molecular flexibility index (Phi) is 3.55. The second kappa shape index (κ2) is 5.30. The summed E-state index contributed by atoms with van der Waals surface area (Å²) in [5.74, 6) is 0.458. The summed E-state index contributed by atoms with van der Waals surface area (Å²) in [5.41, 5.74) is 0.478. The first-order valence-corrected chi connectivity index (χ1v) is 5.71. The Morgan fingerprint density at radius 3 is 2.76 bits per heavy atom. The van der Waals surface area contributed by atoms with Crippen LogP contribution in [0.5, 0.6) is 0 Å². The smallest absolute Gasteiger partial charge is 0.320 e. The molecule has 2 rings (SSSR count). The van der Waals surface area contributed by atoms with Crippen molar-refractivity contribution in [2.24, 2.45) is 0 Å². The van der Waals surface area contributed by atoms with Crippen LogP contribution in [0.25, 0.3) is 0 Å². The molecule has 1 aromatic heterocycles. The summed E-state index contributed by atoms with van der Waals surface area (Å²) in [7, 11) is 0. The predicted octanol–water partition coefficient (Wildman–Crippen LogP) is 2.02. The fourth-order valence-corrected chi connectivity index (χ4v) is 1.94. The molecule has 0 bridgehead atoms. The number of pyridine rings is 1. The van der Waals surface area contributed by atoms with E-state index in [9.17, 15) is 4.79 Å². The van der Waals surface area contributed by atoms with Gasteiger partial charge in [0.05, 0.1) is 5.56 Å². The van der Waals surface area contributed by atoms with Gasteiger partial charge in [0.2, 0.25) is 0 Å². The standard InChI is InChI=1S/C12H14N4O/c13-7-9-5-6-11(14-8-9)16-12(17)15-10-3-1-2-4-10/h5-6,8,10H,1-4H2,(H2,14,15,16,17). The highest BCUT2D eigenvalue weighted by Gasteiger charge is 2.16. The molecule has 0 saturated heterocycles. The van der Waals surface area contributed by atoms with Gasteiger partial charge in [-0.05, 0) is 25.0 Å². The number of amides is 2. The van der Waals surface area contributed by atoms with Crippen molar-refractivity contribution in [1.29, 1.82) is 5.26 Å². The highest BCUT2D eigenvalue weighted by atomic mass is 16.2. The zero-order valence-electron chi connectivity index (χ0n) is 9.44. The summed E-state index contributed by atoms with van der Waals surface area (Å²) in [6, 6.07) is 5.27. The van der Waals surface area contributed by atoms with Crippen molar-refractivity contribution in [2.75, 3.05) is 5.32 Å². The summed E-state index contributed by atoms with van der Waals surface area (Å²) in [5, 5.41) is 14.2. The van der Waals surface area contributed by atoms with Gasteiger partial charge in [0.15, 0.2) is 0 Å². The lowest BCUT2D eigenvalue weighted by Gasteiger charge is -2.12. The summed E-state index contributed by atoms with van der Waals surface area (Å²) in [4.78, 5) is 15.6. The van der Waals surface area contributed by atoms with Crippen LogP contribution in [0.3, 0.4) is 0 Å². The van der Waals surface area contributed by atoms with Crippen molar-refractivity contribution in [3.8, 4) is 6.07 Å². The first-order valence-electron chi connectivity index (χ1n) is 5.71. The van der Waals surface area contributed by atoms with E-state index in [4.69, 9.17) is 5.26 Å². The molecule has 0 atom stereocenters. The quantitative estimate of drug-likeness (QED) is 0.815. The van der Waals surface area contributed by atoms with Crippen LogP contribution in [-0.2, 0) is 0 Å². The molecule has 0 unspecified atom stereocenters. The third kappa shape index (κ3) is 3.18. The van der Waals surface area contributed by atoms with Crippen LogP contribution in [0.4, 0.5) is 10.6 Å². The molecular weight excluding hydrogens is 216 g/mol. The fourth-order valence-electron chi connectivity index (χ4n) is 1.94. The van der Waals surface area contributed by atoms with Crippen molar-refractivity contribution in [1.82, 2.24) is 10.3 Å². The highest BCUT2D eigenvalue weighted by Crippen LogP contribution is 2.17. The first-order chi connectivity index (χ1) is 8.28. The molecule has 88 valence electrons.